The molecule has 2 nitrogen and oxygen atoms in total. The van der Waals surface area contributed by atoms with Gasteiger partial charge >= 0.3 is 0 Å². The highest BCUT2D eigenvalue weighted by Crippen LogP contribution is 2.21. The van der Waals surface area contributed by atoms with E-state index in [4.69, 9.17) is 4.74 Å². The van der Waals surface area contributed by atoms with E-state index in [1.54, 1.807) is 12.1 Å². The van der Waals surface area contributed by atoms with Crippen molar-refractivity contribution in [1.29, 1.82) is 0 Å². The maximum Gasteiger partial charge on any atom is 0.194 e. The van der Waals surface area contributed by atoms with Gasteiger partial charge in [0.2, 0.25) is 0 Å². The third-order valence-electron chi connectivity index (χ3n) is 2.80. The second-order valence-electron chi connectivity index (χ2n) is 4.31. The molecule has 0 heterocycles. The Morgan fingerprint density at radius 1 is 1.10 bits per heavy atom. The van der Waals surface area contributed by atoms with E-state index in [2.05, 4.69) is 11.9 Å². The monoisotopic (exact) mass is 293 g/mol. The fourth-order valence-electron chi connectivity index (χ4n) is 1.79. The number of hydrogen-bond acceptors (Lipinski definition) is 2. The summed E-state index contributed by atoms with van der Waals surface area (Å²) in [6.45, 7) is 4.21. The number of benzene rings is 2. The Morgan fingerprint density at radius 3 is 2.43 bits per heavy atom. The quantitative estimate of drug-likeness (QED) is 0.634. The third-order valence-corrected chi connectivity index (χ3v) is 2.80. The average Bonchev–Trinajstić information content (AvgIpc) is 2.49. The van der Waals surface area contributed by atoms with E-state index in [0.717, 1.165) is 17.7 Å². The Hall–Kier alpha value is -2.43. The summed E-state index contributed by atoms with van der Waals surface area (Å²) >= 11 is 0. The minimum atomic E-state index is -1.48. The van der Waals surface area contributed by atoms with Gasteiger partial charge in [-0.1, -0.05) is 30.9 Å². The standard InChI is InChI=1S/C16H14F3NO/c1-2-7-21-15-6-4-3-5-11(15)10-20-12-8-13(17)16(19)14(18)9-12/h2-6,8-9,20H,1,7,10H2. The molecule has 0 fully saturated rings. The Kier molecular flexibility index (Phi) is 4.87. The minimum Gasteiger partial charge on any atom is -0.489 e. The van der Waals surface area contributed by atoms with E-state index in [9.17, 15) is 13.2 Å². The number of nitrogens with one attached hydrogen (secondary N) is 1. The van der Waals surface area contributed by atoms with Crippen LogP contribution in [0, 0.1) is 17.5 Å². The first-order valence-corrected chi connectivity index (χ1v) is 6.32. The van der Waals surface area contributed by atoms with Crippen molar-refractivity contribution in [3.05, 3.63) is 72.1 Å². The van der Waals surface area contributed by atoms with E-state index in [1.165, 1.54) is 0 Å². The first-order chi connectivity index (χ1) is 10.1. The van der Waals surface area contributed by atoms with Crippen LogP contribution in [0.1, 0.15) is 5.56 Å². The normalized spacial score (nSPS) is 10.2. The highest BCUT2D eigenvalue weighted by atomic mass is 19.2. The molecule has 21 heavy (non-hydrogen) atoms. The average molecular weight is 293 g/mol. The van der Waals surface area contributed by atoms with Crippen LogP contribution in [0.25, 0.3) is 0 Å². The number of rotatable bonds is 6. The first kappa shape index (κ1) is 15.0. The van der Waals surface area contributed by atoms with E-state index in [1.807, 2.05) is 18.2 Å². The van der Waals surface area contributed by atoms with Crippen molar-refractivity contribution < 1.29 is 17.9 Å². The van der Waals surface area contributed by atoms with Crippen LogP contribution in [-0.2, 0) is 6.54 Å². The van der Waals surface area contributed by atoms with Crippen LogP contribution in [0.2, 0.25) is 0 Å². The van der Waals surface area contributed by atoms with Crippen molar-refractivity contribution >= 4 is 5.69 Å². The first-order valence-electron chi connectivity index (χ1n) is 6.32. The molecule has 0 aliphatic heterocycles. The summed E-state index contributed by atoms with van der Waals surface area (Å²) in [6.07, 6.45) is 1.62. The molecule has 0 unspecified atom stereocenters. The zero-order chi connectivity index (χ0) is 15.2. The maximum absolute atomic E-state index is 13.1. The lowest BCUT2D eigenvalue weighted by Crippen LogP contribution is -2.04. The Balaban J connectivity index is 2.11. The second-order valence-corrected chi connectivity index (χ2v) is 4.31. The topological polar surface area (TPSA) is 21.3 Å². The summed E-state index contributed by atoms with van der Waals surface area (Å²) in [6, 6.07) is 9.06. The molecular weight excluding hydrogens is 279 g/mol. The summed E-state index contributed by atoms with van der Waals surface area (Å²) in [7, 11) is 0. The van der Waals surface area contributed by atoms with Crippen LogP contribution in [0.5, 0.6) is 5.75 Å². The number of ether oxygens (including phenoxy) is 1. The van der Waals surface area contributed by atoms with Gasteiger partial charge in [0.05, 0.1) is 0 Å². The number of hydrogen-bond donors (Lipinski definition) is 1. The zero-order valence-corrected chi connectivity index (χ0v) is 11.2. The van der Waals surface area contributed by atoms with Gasteiger partial charge in [-0.15, -0.1) is 0 Å². The number of para-hydroxylation sites is 1. The molecule has 0 amide bonds. The van der Waals surface area contributed by atoms with E-state index in [-0.39, 0.29) is 12.2 Å². The zero-order valence-electron chi connectivity index (χ0n) is 11.2. The van der Waals surface area contributed by atoms with Crippen LogP contribution in [-0.4, -0.2) is 6.61 Å². The number of halogens is 3. The van der Waals surface area contributed by atoms with Gasteiger partial charge in [-0.25, -0.2) is 13.2 Å². The van der Waals surface area contributed by atoms with Gasteiger partial charge in [-0.05, 0) is 6.07 Å². The molecule has 5 heteroatoms. The fraction of sp³-hybridized carbons (Fsp3) is 0.125. The van der Waals surface area contributed by atoms with Gasteiger partial charge in [0.25, 0.3) is 0 Å². The van der Waals surface area contributed by atoms with Gasteiger partial charge in [0, 0.05) is 29.9 Å². The highest BCUT2D eigenvalue weighted by Gasteiger charge is 2.10. The summed E-state index contributed by atoms with van der Waals surface area (Å²) in [4.78, 5) is 0. The lowest BCUT2D eigenvalue weighted by molar-refractivity contribution is 0.359. The lowest BCUT2D eigenvalue weighted by Gasteiger charge is -2.12. The molecule has 0 bridgehead atoms. The van der Waals surface area contributed by atoms with E-state index >= 15 is 0 Å². The molecule has 0 aromatic heterocycles. The molecule has 0 atom stereocenters. The predicted molar refractivity (Wildman–Crippen MR) is 75.8 cm³/mol. The molecule has 2 rings (SSSR count). The maximum atomic E-state index is 13.1. The SMILES string of the molecule is C=CCOc1ccccc1CNc1cc(F)c(F)c(F)c1. The van der Waals surface area contributed by atoms with Crippen LogP contribution in [0.4, 0.5) is 18.9 Å². The molecule has 1 N–H and O–H groups in total. The van der Waals surface area contributed by atoms with Gasteiger partial charge in [-0.3, -0.25) is 0 Å². The van der Waals surface area contributed by atoms with Crippen molar-refractivity contribution in [3.63, 3.8) is 0 Å². The lowest BCUT2D eigenvalue weighted by atomic mass is 10.2. The molecule has 0 radical (unpaired) electrons. The molecule has 0 aliphatic carbocycles. The van der Waals surface area contributed by atoms with Crippen LogP contribution in [0.15, 0.2) is 49.1 Å². The smallest absolute Gasteiger partial charge is 0.194 e. The van der Waals surface area contributed by atoms with Crippen molar-refractivity contribution in [2.75, 3.05) is 11.9 Å². The second kappa shape index (κ2) is 6.83. The molecule has 0 saturated carbocycles. The highest BCUT2D eigenvalue weighted by molar-refractivity contribution is 5.46. The fourth-order valence-corrected chi connectivity index (χ4v) is 1.79. The summed E-state index contributed by atoms with van der Waals surface area (Å²) in [5, 5.41) is 2.83. The Labute approximate surface area is 120 Å². The molecule has 2 aromatic rings. The third kappa shape index (κ3) is 3.78. The van der Waals surface area contributed by atoms with Crippen molar-refractivity contribution in [1.82, 2.24) is 0 Å². The van der Waals surface area contributed by atoms with Gasteiger partial charge < -0.3 is 10.1 Å². The summed E-state index contributed by atoms with van der Waals surface area (Å²) < 4.78 is 44.6. The largest absolute Gasteiger partial charge is 0.489 e. The molecular formula is C16H14F3NO. The van der Waals surface area contributed by atoms with E-state index in [0.29, 0.717) is 12.4 Å². The number of anilines is 1. The molecule has 2 aromatic carbocycles. The summed E-state index contributed by atoms with van der Waals surface area (Å²) in [5.41, 5.74) is 0.967. The molecule has 0 aliphatic rings. The van der Waals surface area contributed by atoms with Crippen molar-refractivity contribution in [2.24, 2.45) is 0 Å². The van der Waals surface area contributed by atoms with E-state index < -0.39 is 17.5 Å². The minimum absolute atomic E-state index is 0.157. The molecule has 0 spiro atoms. The Bertz CT molecular complexity index is 620. The van der Waals surface area contributed by atoms with Crippen LogP contribution < -0.4 is 10.1 Å². The van der Waals surface area contributed by atoms with Crippen molar-refractivity contribution in [2.45, 2.75) is 6.54 Å². The predicted octanol–water partition coefficient (Wildman–Crippen LogP) is 4.28. The Morgan fingerprint density at radius 2 is 1.76 bits per heavy atom. The summed E-state index contributed by atoms with van der Waals surface area (Å²) in [5.74, 6) is -3.29. The molecule has 110 valence electrons. The van der Waals surface area contributed by atoms with Gasteiger partial charge in [0.15, 0.2) is 17.5 Å². The van der Waals surface area contributed by atoms with Gasteiger partial charge in [-0.2, -0.15) is 0 Å². The van der Waals surface area contributed by atoms with Crippen LogP contribution >= 0.6 is 0 Å². The molecule has 0 saturated heterocycles. The van der Waals surface area contributed by atoms with Gasteiger partial charge in [0.1, 0.15) is 12.4 Å². The van der Waals surface area contributed by atoms with Crippen LogP contribution in [0.3, 0.4) is 0 Å². The van der Waals surface area contributed by atoms with Crippen molar-refractivity contribution in [3.8, 4) is 5.75 Å².